The Labute approximate surface area is 207 Å². The van der Waals surface area contributed by atoms with Crippen molar-refractivity contribution in [2.75, 3.05) is 38.1 Å². The smallest absolute Gasteiger partial charge is 0.242 e. The Bertz CT molecular complexity index is 1180. The van der Waals surface area contributed by atoms with Gasteiger partial charge in [0.2, 0.25) is 15.9 Å². The van der Waals surface area contributed by atoms with E-state index in [0.717, 1.165) is 16.8 Å². The van der Waals surface area contributed by atoms with Crippen molar-refractivity contribution in [1.29, 1.82) is 0 Å². The van der Waals surface area contributed by atoms with E-state index >= 15 is 0 Å². The summed E-state index contributed by atoms with van der Waals surface area (Å²) in [7, 11) is -3.77. The highest BCUT2D eigenvalue weighted by Crippen LogP contribution is 2.27. The Morgan fingerprint density at radius 1 is 1.17 bits per heavy atom. The molecular formula is C25H33N5O4S. The van der Waals surface area contributed by atoms with Crippen LogP contribution in [0.25, 0.3) is 4.85 Å². The fourth-order valence-corrected chi connectivity index (χ4v) is 6.32. The molecule has 3 rings (SSSR count). The minimum Gasteiger partial charge on any atom is -0.395 e. The largest absolute Gasteiger partial charge is 0.395 e. The first-order chi connectivity index (χ1) is 16.6. The maximum Gasteiger partial charge on any atom is 0.242 e. The number of carbonyl (C=O) groups excluding carboxylic acids is 1. The lowest BCUT2D eigenvalue weighted by molar-refractivity contribution is -0.118. The molecule has 188 valence electrons. The molecule has 0 unspecified atom stereocenters. The first-order valence-corrected chi connectivity index (χ1v) is 13.0. The monoisotopic (exact) mass is 499 g/mol. The minimum absolute atomic E-state index is 0.0637. The van der Waals surface area contributed by atoms with E-state index in [0.29, 0.717) is 26.2 Å². The van der Waals surface area contributed by atoms with Gasteiger partial charge in [0.1, 0.15) is 0 Å². The zero-order valence-electron chi connectivity index (χ0n) is 20.4. The number of amides is 1. The molecular weight excluding hydrogens is 466 g/mol. The molecule has 2 aromatic rings. The molecule has 9 nitrogen and oxygen atoms in total. The van der Waals surface area contributed by atoms with Crippen LogP contribution in [0.15, 0.2) is 47.4 Å². The molecule has 1 fully saturated rings. The maximum absolute atomic E-state index is 13.3. The van der Waals surface area contributed by atoms with Crippen LogP contribution in [0.4, 0.5) is 11.4 Å². The quantitative estimate of drug-likeness (QED) is 0.361. The Balaban J connectivity index is 1.64. The second-order valence-electron chi connectivity index (χ2n) is 8.93. The summed E-state index contributed by atoms with van der Waals surface area (Å²) in [6.45, 7) is 14.9. The van der Waals surface area contributed by atoms with Crippen LogP contribution in [0.1, 0.15) is 25.0 Å². The number of carbonyl (C=O) groups is 1. The third kappa shape index (κ3) is 6.66. The van der Waals surface area contributed by atoms with E-state index in [1.807, 2.05) is 43.9 Å². The molecule has 0 spiro atoms. The van der Waals surface area contributed by atoms with E-state index in [9.17, 15) is 13.2 Å². The molecule has 1 saturated heterocycles. The van der Waals surface area contributed by atoms with E-state index in [1.165, 1.54) is 16.4 Å². The molecule has 1 aliphatic heterocycles. The number of aryl methyl sites for hydroxylation is 1. The first kappa shape index (κ1) is 26.8. The Morgan fingerprint density at radius 3 is 2.54 bits per heavy atom. The molecule has 1 amide bonds. The molecule has 0 aromatic heterocycles. The minimum atomic E-state index is -3.77. The molecule has 3 N–H and O–H groups in total. The van der Waals surface area contributed by atoms with Gasteiger partial charge in [-0.3, -0.25) is 9.69 Å². The average molecular weight is 500 g/mol. The third-order valence-electron chi connectivity index (χ3n) is 6.00. The van der Waals surface area contributed by atoms with Crippen LogP contribution < -0.4 is 10.6 Å². The van der Waals surface area contributed by atoms with Crippen molar-refractivity contribution in [3.63, 3.8) is 0 Å². The molecule has 1 heterocycles. The Hall–Kier alpha value is -2.81. The van der Waals surface area contributed by atoms with Crippen LogP contribution in [0.3, 0.4) is 0 Å². The molecule has 0 aliphatic carbocycles. The second-order valence-corrected chi connectivity index (χ2v) is 10.8. The molecule has 0 bridgehead atoms. The molecule has 10 heteroatoms. The highest BCUT2D eigenvalue weighted by Gasteiger charge is 2.38. The van der Waals surface area contributed by atoms with Gasteiger partial charge in [-0.25, -0.2) is 13.3 Å². The number of piperazine rings is 1. The van der Waals surface area contributed by atoms with Crippen LogP contribution in [0.2, 0.25) is 0 Å². The lowest BCUT2D eigenvalue weighted by atomic mass is 10.1. The van der Waals surface area contributed by atoms with Crippen LogP contribution in [0, 0.1) is 13.5 Å². The number of benzene rings is 2. The number of sulfonamides is 1. The Kier molecular flexibility index (Phi) is 8.99. The van der Waals surface area contributed by atoms with Crippen molar-refractivity contribution in [2.45, 2.75) is 44.3 Å². The predicted molar refractivity (Wildman–Crippen MR) is 136 cm³/mol. The number of nitrogens with zero attached hydrogens (tertiary/aromatic N) is 3. The fraction of sp³-hybridized carbons (Fsp3) is 0.440. The Morgan fingerprint density at radius 2 is 1.89 bits per heavy atom. The summed E-state index contributed by atoms with van der Waals surface area (Å²) in [6, 6.07) is 11.2. The number of hydrogen-bond donors (Lipinski definition) is 3. The van der Waals surface area contributed by atoms with Gasteiger partial charge < -0.3 is 15.7 Å². The molecule has 35 heavy (non-hydrogen) atoms. The molecule has 2 aromatic carbocycles. The zero-order valence-corrected chi connectivity index (χ0v) is 21.2. The van der Waals surface area contributed by atoms with Crippen molar-refractivity contribution < 1.29 is 18.3 Å². The van der Waals surface area contributed by atoms with E-state index < -0.39 is 10.0 Å². The normalized spacial score (nSPS) is 19.3. The van der Waals surface area contributed by atoms with Gasteiger partial charge in [-0.1, -0.05) is 24.3 Å². The summed E-state index contributed by atoms with van der Waals surface area (Å²) in [5.74, 6) is -0.158. The van der Waals surface area contributed by atoms with Crippen LogP contribution in [-0.2, 0) is 21.4 Å². The SMILES string of the molecule is [C-]#[N+]c1cccc(S(=O)(=O)N2[C@H](C)CN(CC(=O)Nc3cc(CNCCO)ccc3C)C[C@@H]2C)c1. The van der Waals surface area contributed by atoms with E-state index in [4.69, 9.17) is 11.7 Å². The van der Waals surface area contributed by atoms with Gasteiger partial charge in [0.15, 0.2) is 5.69 Å². The van der Waals surface area contributed by atoms with Crippen molar-refractivity contribution >= 4 is 27.3 Å². The third-order valence-corrected chi connectivity index (χ3v) is 8.12. The fourth-order valence-electron chi connectivity index (χ4n) is 4.47. The standard InChI is InChI=1S/C25H33N5O4S/c1-18-8-9-21(14-27-10-11-31)12-24(18)28-25(32)17-29-15-19(2)30(20(3)16-29)35(33,34)23-7-5-6-22(13-23)26-4/h5-9,12-13,19-20,27,31H,10-11,14-17H2,1-3H3,(H,28,32)/t19-,20+. The van der Waals surface area contributed by atoms with Gasteiger partial charge in [0.05, 0.1) is 24.6 Å². The average Bonchev–Trinajstić information content (AvgIpc) is 2.80. The second kappa shape index (κ2) is 11.7. The lowest BCUT2D eigenvalue weighted by Gasteiger charge is -2.43. The van der Waals surface area contributed by atoms with E-state index in [-0.39, 0.29) is 41.7 Å². The summed E-state index contributed by atoms with van der Waals surface area (Å²) in [5, 5.41) is 15.0. The maximum atomic E-state index is 13.3. The van der Waals surface area contributed by atoms with Gasteiger partial charge >= 0.3 is 0 Å². The van der Waals surface area contributed by atoms with Crippen molar-refractivity contribution in [1.82, 2.24) is 14.5 Å². The first-order valence-electron chi connectivity index (χ1n) is 11.6. The van der Waals surface area contributed by atoms with Crippen molar-refractivity contribution in [3.05, 3.63) is 65.0 Å². The van der Waals surface area contributed by atoms with Gasteiger partial charge in [-0.05, 0) is 50.1 Å². The predicted octanol–water partition coefficient (Wildman–Crippen LogP) is 2.35. The summed E-state index contributed by atoms with van der Waals surface area (Å²) < 4.78 is 28.1. The van der Waals surface area contributed by atoms with Crippen LogP contribution in [-0.4, -0.2) is 73.5 Å². The summed E-state index contributed by atoms with van der Waals surface area (Å²) in [5.41, 5.74) is 2.97. The topological polar surface area (TPSA) is 106 Å². The number of hydrogen-bond acceptors (Lipinski definition) is 6. The number of nitrogens with one attached hydrogen (secondary N) is 2. The molecule has 2 atom stereocenters. The van der Waals surface area contributed by atoms with Crippen molar-refractivity contribution in [3.8, 4) is 0 Å². The van der Waals surface area contributed by atoms with Gasteiger partial charge in [-0.2, -0.15) is 4.31 Å². The van der Waals surface area contributed by atoms with E-state index in [2.05, 4.69) is 15.5 Å². The summed E-state index contributed by atoms with van der Waals surface area (Å²) in [4.78, 5) is 18.2. The summed E-state index contributed by atoms with van der Waals surface area (Å²) in [6.07, 6.45) is 0. The number of aliphatic hydroxyl groups excluding tert-OH is 1. The van der Waals surface area contributed by atoms with Crippen LogP contribution >= 0.6 is 0 Å². The van der Waals surface area contributed by atoms with Crippen LogP contribution in [0.5, 0.6) is 0 Å². The van der Waals surface area contributed by atoms with Gasteiger partial charge in [-0.15, -0.1) is 0 Å². The zero-order chi connectivity index (χ0) is 25.6. The highest BCUT2D eigenvalue weighted by molar-refractivity contribution is 7.89. The van der Waals surface area contributed by atoms with Gasteiger partial charge in [0, 0.05) is 44.0 Å². The van der Waals surface area contributed by atoms with Gasteiger partial charge in [0.25, 0.3) is 0 Å². The van der Waals surface area contributed by atoms with E-state index in [1.54, 1.807) is 12.1 Å². The molecule has 0 radical (unpaired) electrons. The van der Waals surface area contributed by atoms with Crippen molar-refractivity contribution in [2.24, 2.45) is 0 Å². The number of anilines is 1. The summed E-state index contributed by atoms with van der Waals surface area (Å²) >= 11 is 0. The molecule has 1 aliphatic rings. The molecule has 0 saturated carbocycles. The highest BCUT2D eigenvalue weighted by atomic mass is 32.2. The number of aliphatic hydroxyl groups is 1. The number of rotatable bonds is 9. The lowest BCUT2D eigenvalue weighted by Crippen LogP contribution is -2.59.